The molecular weight excluding hydrogens is 278 g/mol. The molecule has 0 aliphatic rings. The third kappa shape index (κ3) is 2.69. The average Bonchev–Trinajstić information content (AvgIpc) is 2.89. The van der Waals surface area contributed by atoms with Crippen molar-refractivity contribution in [1.29, 1.82) is 0 Å². The number of pyridine rings is 1. The fourth-order valence-electron chi connectivity index (χ4n) is 2.61. The molecule has 1 atom stereocenters. The Kier molecular flexibility index (Phi) is 3.99. The molecule has 1 unspecified atom stereocenters. The van der Waals surface area contributed by atoms with Crippen LogP contribution in [0.2, 0.25) is 0 Å². The van der Waals surface area contributed by atoms with E-state index < -0.39 is 0 Å². The van der Waals surface area contributed by atoms with Crippen LogP contribution in [-0.2, 0) is 0 Å². The zero-order chi connectivity index (χ0) is 14.8. The maximum absolute atomic E-state index is 4.79. The Hall–Kier alpha value is -1.78. The predicted molar refractivity (Wildman–Crippen MR) is 89.7 cm³/mol. The molecule has 0 saturated heterocycles. The molecule has 0 radical (unpaired) electrons. The van der Waals surface area contributed by atoms with Crippen LogP contribution in [0.25, 0.3) is 21.5 Å². The summed E-state index contributed by atoms with van der Waals surface area (Å²) in [7, 11) is 0. The number of thiazole rings is 1. The fourth-order valence-corrected chi connectivity index (χ4v) is 3.74. The summed E-state index contributed by atoms with van der Waals surface area (Å²) in [4.78, 5) is 10.5. The predicted octanol–water partition coefficient (Wildman–Crippen LogP) is 4.34. The number of hydrogen-bond donors (Lipinski definition) is 1. The Morgan fingerprint density at radius 2 is 2.05 bits per heavy atom. The molecule has 2 heterocycles. The fraction of sp³-hybridized carbons (Fsp3) is 0.294. The number of nitrogens with one attached hydrogen (secondary N) is 1. The van der Waals surface area contributed by atoms with Crippen LogP contribution in [0.4, 0.5) is 0 Å². The van der Waals surface area contributed by atoms with Gasteiger partial charge in [0, 0.05) is 28.1 Å². The van der Waals surface area contributed by atoms with Gasteiger partial charge in [0.15, 0.2) is 0 Å². The highest BCUT2D eigenvalue weighted by atomic mass is 32.1. The number of nitrogens with zero attached hydrogens (tertiary/aromatic N) is 2. The van der Waals surface area contributed by atoms with Gasteiger partial charge in [-0.25, -0.2) is 4.98 Å². The topological polar surface area (TPSA) is 37.8 Å². The Morgan fingerprint density at radius 1 is 1.24 bits per heavy atom. The van der Waals surface area contributed by atoms with E-state index in [9.17, 15) is 0 Å². The van der Waals surface area contributed by atoms with Crippen molar-refractivity contribution in [2.24, 2.45) is 0 Å². The molecular formula is C17H19N3S. The second-order valence-corrected chi connectivity index (χ2v) is 6.15. The summed E-state index contributed by atoms with van der Waals surface area (Å²) in [6.07, 6.45) is 1.86. The Morgan fingerprint density at radius 3 is 2.86 bits per heavy atom. The van der Waals surface area contributed by atoms with Crippen LogP contribution in [0.1, 0.15) is 30.5 Å². The van der Waals surface area contributed by atoms with Gasteiger partial charge in [-0.3, -0.25) is 4.98 Å². The largest absolute Gasteiger partial charge is 0.310 e. The molecule has 0 aliphatic heterocycles. The molecule has 3 rings (SSSR count). The molecule has 0 amide bonds. The van der Waals surface area contributed by atoms with Crippen LogP contribution >= 0.6 is 11.3 Å². The van der Waals surface area contributed by atoms with E-state index in [4.69, 9.17) is 4.98 Å². The standard InChI is InChI=1S/C17H19N3S/c1-4-18-11(2)16-12(3)20-17(21-16)14-9-10-19-15-8-6-5-7-13(14)15/h5-11,18H,4H2,1-3H3. The van der Waals surface area contributed by atoms with Gasteiger partial charge in [0.1, 0.15) is 5.01 Å². The SMILES string of the molecule is CCNC(C)c1sc(-c2ccnc3ccccc23)nc1C. The molecule has 0 aliphatic carbocycles. The number of aromatic nitrogens is 2. The average molecular weight is 297 g/mol. The van der Waals surface area contributed by atoms with E-state index in [-0.39, 0.29) is 0 Å². The highest BCUT2D eigenvalue weighted by Gasteiger charge is 2.15. The molecule has 3 nitrogen and oxygen atoms in total. The Bertz CT molecular complexity index is 758. The molecule has 21 heavy (non-hydrogen) atoms. The van der Waals surface area contributed by atoms with Gasteiger partial charge in [-0.05, 0) is 32.5 Å². The number of hydrogen-bond acceptors (Lipinski definition) is 4. The molecule has 0 saturated carbocycles. The maximum atomic E-state index is 4.79. The Balaban J connectivity index is 2.09. The molecule has 1 N–H and O–H groups in total. The van der Waals surface area contributed by atoms with Crippen molar-refractivity contribution in [1.82, 2.24) is 15.3 Å². The van der Waals surface area contributed by atoms with Crippen molar-refractivity contribution in [3.63, 3.8) is 0 Å². The lowest BCUT2D eigenvalue weighted by molar-refractivity contribution is 0.603. The van der Waals surface area contributed by atoms with Gasteiger partial charge in [0.25, 0.3) is 0 Å². The van der Waals surface area contributed by atoms with Crippen molar-refractivity contribution in [2.45, 2.75) is 26.8 Å². The van der Waals surface area contributed by atoms with Crippen LogP contribution in [-0.4, -0.2) is 16.5 Å². The smallest absolute Gasteiger partial charge is 0.124 e. The van der Waals surface area contributed by atoms with E-state index in [0.717, 1.165) is 28.1 Å². The normalized spacial score (nSPS) is 12.7. The first kappa shape index (κ1) is 14.2. The molecule has 3 aromatic rings. The first-order chi connectivity index (χ1) is 10.2. The Labute approximate surface area is 129 Å². The zero-order valence-corrected chi connectivity index (χ0v) is 13.4. The second kappa shape index (κ2) is 5.92. The molecule has 4 heteroatoms. The molecule has 0 bridgehead atoms. The summed E-state index contributed by atoms with van der Waals surface area (Å²) in [5.41, 5.74) is 3.30. The van der Waals surface area contributed by atoms with Gasteiger partial charge in [-0.2, -0.15) is 0 Å². The van der Waals surface area contributed by atoms with Crippen LogP contribution in [0.15, 0.2) is 36.5 Å². The van der Waals surface area contributed by atoms with Gasteiger partial charge in [0.05, 0.1) is 11.2 Å². The quantitative estimate of drug-likeness (QED) is 0.778. The highest BCUT2D eigenvalue weighted by Crippen LogP contribution is 2.34. The number of para-hydroxylation sites is 1. The maximum Gasteiger partial charge on any atom is 0.124 e. The molecule has 2 aromatic heterocycles. The minimum atomic E-state index is 0.342. The number of aryl methyl sites for hydroxylation is 1. The lowest BCUT2D eigenvalue weighted by atomic mass is 10.1. The van der Waals surface area contributed by atoms with Crippen LogP contribution in [0.3, 0.4) is 0 Å². The van der Waals surface area contributed by atoms with Crippen molar-refractivity contribution < 1.29 is 0 Å². The van der Waals surface area contributed by atoms with Gasteiger partial charge < -0.3 is 5.32 Å². The third-order valence-electron chi connectivity index (χ3n) is 3.62. The first-order valence-corrected chi connectivity index (χ1v) is 8.07. The van der Waals surface area contributed by atoms with Crippen molar-refractivity contribution in [2.75, 3.05) is 6.54 Å². The third-order valence-corrected chi connectivity index (χ3v) is 4.99. The van der Waals surface area contributed by atoms with Crippen LogP contribution in [0.5, 0.6) is 0 Å². The van der Waals surface area contributed by atoms with E-state index in [0.29, 0.717) is 6.04 Å². The van der Waals surface area contributed by atoms with Gasteiger partial charge >= 0.3 is 0 Å². The van der Waals surface area contributed by atoms with E-state index in [1.165, 1.54) is 10.4 Å². The second-order valence-electron chi connectivity index (χ2n) is 5.12. The summed E-state index contributed by atoms with van der Waals surface area (Å²) in [6, 6.07) is 10.6. The van der Waals surface area contributed by atoms with E-state index >= 15 is 0 Å². The number of fused-ring (bicyclic) bond motifs is 1. The minimum absolute atomic E-state index is 0.342. The first-order valence-electron chi connectivity index (χ1n) is 7.25. The van der Waals surface area contributed by atoms with Crippen molar-refractivity contribution in [3.8, 4) is 10.6 Å². The van der Waals surface area contributed by atoms with Crippen LogP contribution in [0, 0.1) is 6.92 Å². The van der Waals surface area contributed by atoms with Gasteiger partial charge in [0.2, 0.25) is 0 Å². The monoisotopic (exact) mass is 297 g/mol. The zero-order valence-electron chi connectivity index (χ0n) is 12.6. The van der Waals surface area contributed by atoms with Crippen molar-refractivity contribution in [3.05, 3.63) is 47.1 Å². The highest BCUT2D eigenvalue weighted by molar-refractivity contribution is 7.15. The lowest BCUT2D eigenvalue weighted by Gasteiger charge is -2.10. The molecule has 0 spiro atoms. The van der Waals surface area contributed by atoms with Gasteiger partial charge in [-0.1, -0.05) is 25.1 Å². The summed E-state index contributed by atoms with van der Waals surface area (Å²) in [6.45, 7) is 7.38. The lowest BCUT2D eigenvalue weighted by Crippen LogP contribution is -2.17. The minimum Gasteiger partial charge on any atom is -0.310 e. The van der Waals surface area contributed by atoms with Crippen LogP contribution < -0.4 is 5.32 Å². The van der Waals surface area contributed by atoms with E-state index in [1.54, 1.807) is 11.3 Å². The van der Waals surface area contributed by atoms with E-state index in [1.807, 2.05) is 18.3 Å². The molecule has 108 valence electrons. The summed E-state index contributed by atoms with van der Waals surface area (Å²) in [5.74, 6) is 0. The number of benzene rings is 1. The summed E-state index contributed by atoms with van der Waals surface area (Å²) < 4.78 is 0. The molecule has 1 aromatic carbocycles. The number of rotatable bonds is 4. The summed E-state index contributed by atoms with van der Waals surface area (Å²) in [5, 5.41) is 5.70. The summed E-state index contributed by atoms with van der Waals surface area (Å²) >= 11 is 1.77. The molecule has 0 fully saturated rings. The van der Waals surface area contributed by atoms with Crippen molar-refractivity contribution >= 4 is 22.2 Å². The van der Waals surface area contributed by atoms with E-state index in [2.05, 4.69) is 49.3 Å². The van der Waals surface area contributed by atoms with Gasteiger partial charge in [-0.15, -0.1) is 11.3 Å².